The Hall–Kier alpha value is -3.49. The Labute approximate surface area is 177 Å². The van der Waals surface area contributed by atoms with Crippen LogP contribution in [0.4, 0.5) is 8.78 Å². The molecular weight excluding hydrogens is 408 g/mol. The number of hydrogen-bond donors (Lipinski definition) is 1. The van der Waals surface area contributed by atoms with Crippen molar-refractivity contribution in [2.45, 2.75) is 32.9 Å². The van der Waals surface area contributed by atoms with Crippen molar-refractivity contribution in [1.29, 1.82) is 0 Å². The van der Waals surface area contributed by atoms with Gasteiger partial charge in [0.15, 0.2) is 11.5 Å². The van der Waals surface area contributed by atoms with Gasteiger partial charge in [-0.25, -0.2) is 4.98 Å². The van der Waals surface area contributed by atoms with E-state index in [-0.39, 0.29) is 49.0 Å². The van der Waals surface area contributed by atoms with Crippen molar-refractivity contribution >= 4 is 16.8 Å². The third-order valence-electron chi connectivity index (χ3n) is 4.61. The van der Waals surface area contributed by atoms with Crippen LogP contribution in [0, 0.1) is 0 Å². The molecule has 1 heterocycles. The van der Waals surface area contributed by atoms with E-state index in [2.05, 4.69) is 14.7 Å². The Bertz CT molecular complexity index is 1120. The standard InChI is InChI=1S/C22H23F2N3O4/c1-3-30-18-12-14(8-9-17(18)31-22(23)24)13-27(2)20(28)11-10-19-25-16-7-5-4-6-15(16)21(29)26-19/h4-9,12,22H,3,10-11,13H2,1-2H3,(H,25,26,29). The molecule has 1 amide bonds. The Morgan fingerprint density at radius 3 is 2.71 bits per heavy atom. The second-order valence-corrected chi connectivity index (χ2v) is 6.87. The van der Waals surface area contributed by atoms with Gasteiger partial charge in [-0.15, -0.1) is 0 Å². The molecule has 0 unspecified atom stereocenters. The van der Waals surface area contributed by atoms with E-state index in [0.717, 1.165) is 0 Å². The Morgan fingerprint density at radius 1 is 1.19 bits per heavy atom. The Morgan fingerprint density at radius 2 is 1.97 bits per heavy atom. The van der Waals surface area contributed by atoms with Crippen LogP contribution in [0.2, 0.25) is 0 Å². The molecule has 0 aliphatic rings. The fourth-order valence-corrected chi connectivity index (χ4v) is 3.14. The highest BCUT2D eigenvalue weighted by Crippen LogP contribution is 2.30. The molecule has 0 radical (unpaired) electrons. The van der Waals surface area contributed by atoms with Crippen molar-refractivity contribution in [3.05, 3.63) is 64.2 Å². The molecular formula is C22H23F2N3O4. The minimum atomic E-state index is -2.95. The molecule has 7 nitrogen and oxygen atoms in total. The number of benzene rings is 2. The number of amides is 1. The predicted molar refractivity (Wildman–Crippen MR) is 111 cm³/mol. The first kappa shape index (κ1) is 22.2. The lowest BCUT2D eigenvalue weighted by Gasteiger charge is -2.19. The van der Waals surface area contributed by atoms with Crippen LogP contribution in [-0.4, -0.2) is 41.0 Å². The molecule has 164 valence electrons. The Balaban J connectivity index is 1.64. The summed E-state index contributed by atoms with van der Waals surface area (Å²) in [6, 6.07) is 11.6. The second-order valence-electron chi connectivity index (χ2n) is 6.87. The number of hydrogen-bond acceptors (Lipinski definition) is 5. The molecule has 0 atom stereocenters. The highest BCUT2D eigenvalue weighted by Gasteiger charge is 2.15. The lowest BCUT2D eigenvalue weighted by Crippen LogP contribution is -2.27. The maximum Gasteiger partial charge on any atom is 0.387 e. The molecule has 0 fully saturated rings. The summed E-state index contributed by atoms with van der Waals surface area (Å²) in [6.07, 6.45) is 0.442. The van der Waals surface area contributed by atoms with Crippen LogP contribution in [0.15, 0.2) is 47.3 Å². The van der Waals surface area contributed by atoms with Crippen molar-refractivity contribution in [3.8, 4) is 11.5 Å². The van der Waals surface area contributed by atoms with Crippen LogP contribution in [0.5, 0.6) is 11.5 Å². The van der Waals surface area contributed by atoms with Crippen LogP contribution in [0.25, 0.3) is 10.9 Å². The van der Waals surface area contributed by atoms with Crippen molar-refractivity contribution in [2.24, 2.45) is 0 Å². The average Bonchev–Trinajstić information content (AvgIpc) is 2.73. The summed E-state index contributed by atoms with van der Waals surface area (Å²) in [4.78, 5) is 33.3. The van der Waals surface area contributed by atoms with E-state index in [1.54, 1.807) is 50.4 Å². The summed E-state index contributed by atoms with van der Waals surface area (Å²) in [7, 11) is 1.64. The number of carbonyl (C=O) groups excluding carboxylic acids is 1. The first-order valence-electron chi connectivity index (χ1n) is 9.79. The molecule has 31 heavy (non-hydrogen) atoms. The number of nitrogens with zero attached hydrogens (tertiary/aromatic N) is 2. The van der Waals surface area contributed by atoms with Crippen LogP contribution < -0.4 is 15.0 Å². The van der Waals surface area contributed by atoms with E-state index in [0.29, 0.717) is 22.3 Å². The van der Waals surface area contributed by atoms with Crippen LogP contribution in [0.3, 0.4) is 0 Å². The van der Waals surface area contributed by atoms with Gasteiger partial charge in [0, 0.05) is 26.4 Å². The van der Waals surface area contributed by atoms with Gasteiger partial charge in [-0.05, 0) is 36.8 Å². The molecule has 0 saturated carbocycles. The minimum Gasteiger partial charge on any atom is -0.490 e. The first-order valence-corrected chi connectivity index (χ1v) is 9.79. The number of carbonyl (C=O) groups is 1. The van der Waals surface area contributed by atoms with Crippen molar-refractivity contribution < 1.29 is 23.0 Å². The van der Waals surface area contributed by atoms with Gasteiger partial charge in [0.1, 0.15) is 5.82 Å². The Kier molecular flexibility index (Phi) is 7.17. The summed E-state index contributed by atoms with van der Waals surface area (Å²) in [6.45, 7) is -0.673. The van der Waals surface area contributed by atoms with Crippen molar-refractivity contribution in [1.82, 2.24) is 14.9 Å². The smallest absolute Gasteiger partial charge is 0.387 e. The highest BCUT2D eigenvalue weighted by molar-refractivity contribution is 5.78. The van der Waals surface area contributed by atoms with Gasteiger partial charge in [-0.3, -0.25) is 9.59 Å². The summed E-state index contributed by atoms with van der Waals surface area (Å²) in [5.41, 5.74) is 1.05. The topological polar surface area (TPSA) is 84.5 Å². The number of fused-ring (bicyclic) bond motifs is 1. The molecule has 0 aliphatic carbocycles. The quantitative estimate of drug-likeness (QED) is 0.561. The fourth-order valence-electron chi connectivity index (χ4n) is 3.14. The average molecular weight is 431 g/mol. The zero-order chi connectivity index (χ0) is 22.4. The molecule has 3 rings (SSSR count). The number of ether oxygens (including phenoxy) is 2. The summed E-state index contributed by atoms with van der Waals surface area (Å²) in [5.74, 6) is 0.430. The van der Waals surface area contributed by atoms with E-state index in [9.17, 15) is 18.4 Å². The number of H-pyrrole nitrogens is 1. The first-order chi connectivity index (χ1) is 14.9. The summed E-state index contributed by atoms with van der Waals surface area (Å²) < 4.78 is 34.9. The third kappa shape index (κ3) is 5.78. The maximum absolute atomic E-state index is 12.5. The minimum absolute atomic E-state index is 0.0547. The van der Waals surface area contributed by atoms with Gasteiger partial charge in [-0.2, -0.15) is 8.78 Å². The van der Waals surface area contributed by atoms with E-state index < -0.39 is 6.61 Å². The van der Waals surface area contributed by atoms with E-state index in [4.69, 9.17) is 4.74 Å². The van der Waals surface area contributed by atoms with Crippen molar-refractivity contribution in [2.75, 3.05) is 13.7 Å². The van der Waals surface area contributed by atoms with Gasteiger partial charge >= 0.3 is 6.61 Å². The molecule has 3 aromatic rings. The summed E-state index contributed by atoms with van der Waals surface area (Å²) >= 11 is 0. The van der Waals surface area contributed by atoms with E-state index in [1.807, 2.05) is 0 Å². The predicted octanol–water partition coefficient (Wildman–Crippen LogP) is 3.51. The molecule has 0 saturated heterocycles. The van der Waals surface area contributed by atoms with Crippen LogP contribution >= 0.6 is 0 Å². The molecule has 0 bridgehead atoms. The van der Waals surface area contributed by atoms with Gasteiger partial charge in [0.25, 0.3) is 5.56 Å². The van der Waals surface area contributed by atoms with Gasteiger partial charge < -0.3 is 19.4 Å². The van der Waals surface area contributed by atoms with Crippen molar-refractivity contribution in [3.63, 3.8) is 0 Å². The van der Waals surface area contributed by atoms with E-state index >= 15 is 0 Å². The van der Waals surface area contributed by atoms with E-state index in [1.165, 1.54) is 11.0 Å². The van der Waals surface area contributed by atoms with Gasteiger partial charge in [0.05, 0.1) is 17.5 Å². The lowest BCUT2D eigenvalue weighted by molar-refractivity contribution is -0.130. The fraction of sp³-hybridized carbons (Fsp3) is 0.318. The largest absolute Gasteiger partial charge is 0.490 e. The number of para-hydroxylation sites is 1. The molecule has 1 aromatic heterocycles. The molecule has 0 aliphatic heterocycles. The number of aromatic nitrogens is 2. The molecule has 1 N–H and O–H groups in total. The number of alkyl halides is 2. The molecule has 9 heteroatoms. The number of rotatable bonds is 9. The zero-order valence-corrected chi connectivity index (χ0v) is 17.2. The third-order valence-corrected chi connectivity index (χ3v) is 4.61. The van der Waals surface area contributed by atoms with Crippen LogP contribution in [-0.2, 0) is 17.8 Å². The SMILES string of the molecule is CCOc1cc(CN(C)C(=O)CCc2nc3ccccc3c(=O)[nH]2)ccc1OC(F)F. The molecule has 2 aromatic carbocycles. The summed E-state index contributed by atoms with van der Waals surface area (Å²) in [5, 5.41) is 0.499. The number of halogens is 2. The molecule has 0 spiro atoms. The highest BCUT2D eigenvalue weighted by atomic mass is 19.3. The normalized spacial score (nSPS) is 11.0. The van der Waals surface area contributed by atoms with Gasteiger partial charge in [0.2, 0.25) is 5.91 Å². The zero-order valence-electron chi connectivity index (χ0n) is 17.2. The van der Waals surface area contributed by atoms with Gasteiger partial charge in [-0.1, -0.05) is 18.2 Å². The maximum atomic E-state index is 12.5. The lowest BCUT2D eigenvalue weighted by atomic mass is 10.1. The number of aromatic amines is 1. The monoisotopic (exact) mass is 431 g/mol. The van der Waals surface area contributed by atoms with Crippen LogP contribution in [0.1, 0.15) is 24.7 Å². The second kappa shape index (κ2) is 10.0. The number of nitrogens with one attached hydrogen (secondary N) is 1. The number of aryl methyl sites for hydroxylation is 1.